The number of carboxylic acids is 1. The number of para-hydroxylation sites is 1. The summed E-state index contributed by atoms with van der Waals surface area (Å²) in [6.07, 6.45) is 0.522. The molecule has 228 valence electrons. The Balaban J connectivity index is 1.60. The van der Waals surface area contributed by atoms with Gasteiger partial charge in [-0.25, -0.2) is 0 Å². The molecule has 1 fully saturated rings. The van der Waals surface area contributed by atoms with E-state index in [9.17, 15) is 24.3 Å². The normalized spacial score (nSPS) is 18.4. The zero-order valence-corrected chi connectivity index (χ0v) is 25.8. The Kier molecular flexibility index (Phi) is 9.18. The first-order chi connectivity index (χ1) is 21.1. The van der Waals surface area contributed by atoms with Crippen LogP contribution in [0, 0.1) is 15.8 Å². The van der Waals surface area contributed by atoms with Gasteiger partial charge in [-0.1, -0.05) is 73.2 Å². The lowest BCUT2D eigenvalue weighted by Gasteiger charge is -2.44. The molecule has 4 aromatic rings. The van der Waals surface area contributed by atoms with Gasteiger partial charge in [-0.05, 0) is 55.9 Å². The molecule has 0 radical (unpaired) electrons. The quantitative estimate of drug-likeness (QED) is 0.0549. The van der Waals surface area contributed by atoms with Crippen LogP contribution in [-0.2, 0) is 19.1 Å². The molecule has 1 N–H and O–H groups in total. The zero-order valence-electron chi connectivity index (χ0n) is 24.3. The zero-order chi connectivity index (χ0) is 31.6. The Morgan fingerprint density at radius 3 is 2.41 bits per heavy atom. The summed E-state index contributed by atoms with van der Waals surface area (Å²) in [5, 5.41) is 11.2. The van der Waals surface area contributed by atoms with Crippen LogP contribution in [0.5, 0.6) is 5.75 Å². The summed E-state index contributed by atoms with van der Waals surface area (Å²) in [5.41, 5.74) is -0.622. The lowest BCUT2D eigenvalue weighted by Crippen LogP contribution is -2.53. The molecule has 44 heavy (non-hydrogen) atoms. The van der Waals surface area contributed by atoms with Crippen molar-refractivity contribution < 1.29 is 38.2 Å². The van der Waals surface area contributed by atoms with Crippen LogP contribution >= 0.6 is 23.8 Å². The monoisotopic (exact) mass is 634 g/mol. The van der Waals surface area contributed by atoms with E-state index in [2.05, 4.69) is 0 Å². The van der Waals surface area contributed by atoms with Crippen molar-refractivity contribution in [2.75, 3.05) is 13.2 Å². The smallest absolute Gasteiger partial charge is 0.321 e. The van der Waals surface area contributed by atoms with Crippen LogP contribution in [0.2, 0.25) is 5.02 Å². The molecule has 0 aliphatic heterocycles. The molecule has 0 amide bonds. The number of ether oxygens (including phenoxy) is 2. The Hall–Kier alpha value is -4.08. The van der Waals surface area contributed by atoms with Gasteiger partial charge in [0.2, 0.25) is 0 Å². The standard InChI is InChI=1S/C34H31ClO8S/c1-3-14-42-25-16-22(28(35)27-29(25)43-24-13-9-8-12-21(24)30(27)44)26(32(38)41-4-2)31(37)34(33(39)40)17-19(18-34)15-23(36)20-10-6-5-7-11-20/h5-13,16,19,26H,3-4,14-15,17-18H2,1-2H3,(H,39,40). The molecular formula is C34H31ClO8S. The highest BCUT2D eigenvalue weighted by Gasteiger charge is 2.59. The fourth-order valence-corrected chi connectivity index (χ4v) is 6.65. The van der Waals surface area contributed by atoms with E-state index in [1.165, 1.54) is 6.07 Å². The summed E-state index contributed by atoms with van der Waals surface area (Å²) in [4.78, 5) is 53.3. The minimum atomic E-state index is -1.91. The molecular weight excluding hydrogens is 604 g/mol. The van der Waals surface area contributed by atoms with E-state index >= 15 is 0 Å². The molecule has 5 rings (SSSR count). The number of aliphatic carboxylic acids is 1. The van der Waals surface area contributed by atoms with E-state index in [4.69, 9.17) is 37.7 Å². The lowest BCUT2D eigenvalue weighted by molar-refractivity contribution is -0.167. The van der Waals surface area contributed by atoms with Gasteiger partial charge in [0, 0.05) is 17.4 Å². The maximum Gasteiger partial charge on any atom is 0.321 e. The summed E-state index contributed by atoms with van der Waals surface area (Å²) < 4.78 is 17.8. The Labute approximate surface area is 263 Å². The van der Waals surface area contributed by atoms with Crippen molar-refractivity contribution in [1.82, 2.24) is 0 Å². The third-order valence-electron chi connectivity index (χ3n) is 8.06. The number of carbonyl (C=O) groups is 4. The molecule has 0 bridgehead atoms. The van der Waals surface area contributed by atoms with Crippen molar-refractivity contribution in [2.45, 2.75) is 45.4 Å². The van der Waals surface area contributed by atoms with Crippen molar-refractivity contribution in [1.29, 1.82) is 0 Å². The number of halogens is 1. The number of esters is 1. The average Bonchev–Trinajstić information content (AvgIpc) is 2.99. The van der Waals surface area contributed by atoms with Gasteiger partial charge in [-0.3, -0.25) is 19.2 Å². The second-order valence-corrected chi connectivity index (χ2v) is 11.7. The van der Waals surface area contributed by atoms with Gasteiger partial charge in [0.25, 0.3) is 0 Å². The maximum atomic E-state index is 14.3. The fourth-order valence-electron chi connectivity index (χ4n) is 5.89. The molecule has 1 atom stereocenters. The molecule has 0 spiro atoms. The van der Waals surface area contributed by atoms with Crippen molar-refractivity contribution >= 4 is 69.3 Å². The maximum absolute atomic E-state index is 14.3. The van der Waals surface area contributed by atoms with Gasteiger partial charge in [0.15, 0.2) is 22.9 Å². The molecule has 1 unspecified atom stereocenters. The number of carboxylic acid groups (broad SMARTS) is 1. The van der Waals surface area contributed by atoms with Gasteiger partial charge >= 0.3 is 11.9 Å². The fraction of sp³-hybridized carbons (Fsp3) is 0.324. The molecule has 1 heterocycles. The number of rotatable bonds is 12. The Morgan fingerprint density at radius 2 is 1.75 bits per heavy atom. The van der Waals surface area contributed by atoms with Gasteiger partial charge in [-0.2, -0.15) is 0 Å². The van der Waals surface area contributed by atoms with E-state index in [0.717, 1.165) is 0 Å². The number of hydrogen-bond acceptors (Lipinski definition) is 8. The molecule has 10 heteroatoms. The van der Waals surface area contributed by atoms with Crippen LogP contribution in [0.1, 0.15) is 61.4 Å². The van der Waals surface area contributed by atoms with Gasteiger partial charge < -0.3 is 19.0 Å². The minimum Gasteiger partial charge on any atom is -0.490 e. The molecule has 8 nitrogen and oxygen atoms in total. The van der Waals surface area contributed by atoms with Crippen molar-refractivity contribution in [3.05, 3.63) is 81.3 Å². The van der Waals surface area contributed by atoms with E-state index in [-0.39, 0.29) is 64.9 Å². The molecule has 3 aromatic carbocycles. The number of fused-ring (bicyclic) bond motifs is 2. The van der Waals surface area contributed by atoms with E-state index in [0.29, 0.717) is 34.1 Å². The molecule has 1 aliphatic rings. The summed E-state index contributed by atoms with van der Waals surface area (Å²) in [5.74, 6) is -5.14. The highest BCUT2D eigenvalue weighted by atomic mass is 35.5. The van der Waals surface area contributed by atoms with Crippen molar-refractivity contribution in [2.24, 2.45) is 11.3 Å². The summed E-state index contributed by atoms with van der Waals surface area (Å²) in [7, 11) is 0. The summed E-state index contributed by atoms with van der Waals surface area (Å²) >= 11 is 12.8. The van der Waals surface area contributed by atoms with E-state index in [1.807, 2.05) is 6.92 Å². The number of ketones is 2. The Morgan fingerprint density at radius 1 is 1.07 bits per heavy atom. The van der Waals surface area contributed by atoms with Gasteiger partial charge in [0.1, 0.15) is 16.9 Å². The van der Waals surface area contributed by atoms with Crippen LogP contribution in [-0.4, -0.2) is 41.8 Å². The first-order valence-corrected chi connectivity index (χ1v) is 15.2. The van der Waals surface area contributed by atoms with E-state index in [1.54, 1.807) is 61.5 Å². The largest absolute Gasteiger partial charge is 0.490 e. The number of Topliss-reactive ketones (excluding diaryl/α,β-unsaturated/α-hetero) is 2. The molecule has 1 aromatic heterocycles. The van der Waals surface area contributed by atoms with Gasteiger partial charge in [0.05, 0.1) is 28.1 Å². The second-order valence-electron chi connectivity index (χ2n) is 11.0. The number of carbonyl (C=O) groups excluding carboxylic acids is 3. The van der Waals surface area contributed by atoms with Crippen LogP contribution in [0.15, 0.2) is 65.1 Å². The van der Waals surface area contributed by atoms with Gasteiger partial charge in [-0.15, -0.1) is 0 Å². The summed E-state index contributed by atoms with van der Waals surface area (Å²) in [6, 6.07) is 17.2. The summed E-state index contributed by atoms with van der Waals surface area (Å²) in [6.45, 7) is 3.75. The second kappa shape index (κ2) is 12.9. The molecule has 0 saturated heterocycles. The lowest BCUT2D eigenvalue weighted by atomic mass is 9.56. The van der Waals surface area contributed by atoms with Crippen molar-refractivity contribution in [3.63, 3.8) is 0 Å². The van der Waals surface area contributed by atoms with Crippen LogP contribution in [0.25, 0.3) is 21.9 Å². The van der Waals surface area contributed by atoms with Crippen molar-refractivity contribution in [3.8, 4) is 5.75 Å². The number of hydrogen-bond donors (Lipinski definition) is 1. The number of benzene rings is 3. The average molecular weight is 635 g/mol. The minimum absolute atomic E-state index is 0.0228. The van der Waals surface area contributed by atoms with Crippen LogP contribution in [0.3, 0.4) is 0 Å². The molecule has 1 aliphatic carbocycles. The Bertz CT molecular complexity index is 1820. The first kappa shape index (κ1) is 31.3. The van der Waals surface area contributed by atoms with Crippen LogP contribution < -0.4 is 4.74 Å². The van der Waals surface area contributed by atoms with Crippen LogP contribution in [0.4, 0.5) is 0 Å². The SMILES string of the molecule is CCCOc1cc(C(C(=O)OCC)C(=O)C2(C(=O)O)CC(CC(=O)c3ccccc3)C2)c(Cl)c2c(=S)c3ccccc3oc12. The third kappa shape index (κ3) is 5.62. The first-order valence-electron chi connectivity index (χ1n) is 14.5. The topological polar surface area (TPSA) is 120 Å². The highest BCUT2D eigenvalue weighted by molar-refractivity contribution is 7.72. The predicted molar refractivity (Wildman–Crippen MR) is 168 cm³/mol. The highest BCUT2D eigenvalue weighted by Crippen LogP contribution is 2.52. The third-order valence-corrected chi connectivity index (χ3v) is 8.89. The predicted octanol–water partition coefficient (Wildman–Crippen LogP) is 7.73. The molecule has 1 saturated carbocycles. The van der Waals surface area contributed by atoms with E-state index < -0.39 is 29.1 Å².